The van der Waals surface area contributed by atoms with E-state index in [-0.39, 0.29) is 23.9 Å². The third-order valence-corrected chi connectivity index (χ3v) is 3.37. The van der Waals surface area contributed by atoms with Gasteiger partial charge < -0.3 is 20.3 Å². The number of nitrogens with zero attached hydrogens (tertiary/aromatic N) is 3. The van der Waals surface area contributed by atoms with E-state index in [1.165, 1.54) is 18.4 Å². The van der Waals surface area contributed by atoms with Gasteiger partial charge in [-0.05, 0) is 12.1 Å². The first-order chi connectivity index (χ1) is 12.5. The molecule has 0 bridgehead atoms. The largest absolute Gasteiger partial charge is 0.493 e. The van der Waals surface area contributed by atoms with Crippen LogP contribution in [0.15, 0.2) is 63.0 Å². The second-order valence-electron chi connectivity index (χ2n) is 5.23. The summed E-state index contributed by atoms with van der Waals surface area (Å²) < 4.78 is 18.6. The SMILES string of the molecule is NC(=CC(=NCc1ccccc1F)c1ccon1)c1nc(O)cc(=O)[nH]1. The van der Waals surface area contributed by atoms with Crippen molar-refractivity contribution in [1.29, 1.82) is 0 Å². The highest BCUT2D eigenvalue weighted by molar-refractivity contribution is 6.10. The van der Waals surface area contributed by atoms with Crippen molar-refractivity contribution in [2.75, 3.05) is 0 Å². The Morgan fingerprint density at radius 1 is 1.38 bits per heavy atom. The lowest BCUT2D eigenvalue weighted by Crippen LogP contribution is -2.13. The number of H-pyrrole nitrogens is 1. The van der Waals surface area contributed by atoms with Crippen molar-refractivity contribution in [2.24, 2.45) is 10.7 Å². The maximum absolute atomic E-state index is 13.8. The third kappa shape index (κ3) is 4.01. The molecule has 0 saturated carbocycles. The smallest absolute Gasteiger partial charge is 0.255 e. The van der Waals surface area contributed by atoms with Crippen LogP contribution in [0.5, 0.6) is 5.88 Å². The Morgan fingerprint density at radius 3 is 2.88 bits per heavy atom. The first-order valence-electron chi connectivity index (χ1n) is 7.49. The number of rotatable bonds is 5. The Labute approximate surface area is 146 Å². The molecule has 0 fully saturated rings. The van der Waals surface area contributed by atoms with Crippen molar-refractivity contribution < 1.29 is 14.0 Å². The molecular formula is C17H14FN5O3. The zero-order valence-corrected chi connectivity index (χ0v) is 13.4. The van der Waals surface area contributed by atoms with E-state index in [4.69, 9.17) is 10.3 Å². The predicted octanol–water partition coefficient (Wildman–Crippen LogP) is 1.59. The van der Waals surface area contributed by atoms with Gasteiger partial charge in [0.1, 0.15) is 17.8 Å². The van der Waals surface area contributed by atoms with E-state index < -0.39 is 11.4 Å². The van der Waals surface area contributed by atoms with Crippen LogP contribution in [0.25, 0.3) is 5.70 Å². The van der Waals surface area contributed by atoms with Gasteiger partial charge in [-0.3, -0.25) is 9.79 Å². The molecule has 0 spiro atoms. The minimum atomic E-state index is -0.560. The summed E-state index contributed by atoms with van der Waals surface area (Å²) in [5.41, 5.74) is 6.48. The maximum Gasteiger partial charge on any atom is 0.255 e. The van der Waals surface area contributed by atoms with Gasteiger partial charge in [-0.1, -0.05) is 23.4 Å². The summed E-state index contributed by atoms with van der Waals surface area (Å²) in [7, 11) is 0. The van der Waals surface area contributed by atoms with Crippen LogP contribution in [0.1, 0.15) is 17.1 Å². The van der Waals surface area contributed by atoms with Gasteiger partial charge in [-0.15, -0.1) is 0 Å². The molecule has 132 valence electrons. The maximum atomic E-state index is 13.8. The number of hydrogen-bond acceptors (Lipinski definition) is 7. The fraction of sp³-hybridized carbons (Fsp3) is 0.0588. The zero-order chi connectivity index (χ0) is 18.5. The average molecular weight is 355 g/mol. The Hall–Kier alpha value is -3.75. The number of aromatic hydroxyl groups is 1. The molecule has 0 amide bonds. The monoisotopic (exact) mass is 355 g/mol. The van der Waals surface area contributed by atoms with Gasteiger partial charge in [0.15, 0.2) is 5.82 Å². The molecule has 26 heavy (non-hydrogen) atoms. The number of nitrogens with one attached hydrogen (secondary N) is 1. The zero-order valence-electron chi connectivity index (χ0n) is 13.4. The van der Waals surface area contributed by atoms with Gasteiger partial charge in [-0.2, -0.15) is 4.98 Å². The minimum Gasteiger partial charge on any atom is -0.493 e. The lowest BCUT2D eigenvalue weighted by atomic mass is 10.2. The summed E-state index contributed by atoms with van der Waals surface area (Å²) in [6, 6.07) is 8.72. The third-order valence-electron chi connectivity index (χ3n) is 3.37. The highest BCUT2D eigenvalue weighted by atomic mass is 19.1. The molecule has 1 aromatic carbocycles. The fourth-order valence-corrected chi connectivity index (χ4v) is 2.14. The molecule has 0 saturated heterocycles. The van der Waals surface area contributed by atoms with Gasteiger partial charge in [0.05, 0.1) is 24.0 Å². The standard InChI is InChI=1S/C17H14FN5O3/c18-11-4-2-1-3-10(11)9-20-14(13-5-6-26-23-13)7-12(19)17-21-15(24)8-16(25)22-17/h1-8H,9,19H2,(H2,21,22,24,25). The molecule has 3 rings (SSSR count). The normalized spacial score (nSPS) is 12.3. The molecule has 0 atom stereocenters. The molecule has 8 nitrogen and oxygen atoms in total. The quantitative estimate of drug-likeness (QED) is 0.596. The van der Waals surface area contributed by atoms with Crippen molar-refractivity contribution in [3.05, 3.63) is 82.0 Å². The van der Waals surface area contributed by atoms with Gasteiger partial charge in [0.2, 0.25) is 5.88 Å². The molecule has 0 aliphatic rings. The topological polar surface area (TPSA) is 130 Å². The fourth-order valence-electron chi connectivity index (χ4n) is 2.14. The van der Waals surface area contributed by atoms with E-state index in [0.717, 1.165) is 6.07 Å². The van der Waals surface area contributed by atoms with Crippen LogP contribution >= 0.6 is 0 Å². The number of halogens is 1. The van der Waals surface area contributed by atoms with E-state index in [1.807, 2.05) is 0 Å². The van der Waals surface area contributed by atoms with Gasteiger partial charge in [-0.25, -0.2) is 4.39 Å². The van der Waals surface area contributed by atoms with Crippen LogP contribution in [0.3, 0.4) is 0 Å². The highest BCUT2D eigenvalue weighted by Crippen LogP contribution is 2.12. The Balaban J connectivity index is 1.98. The first-order valence-corrected chi connectivity index (χ1v) is 7.49. The number of benzene rings is 1. The summed E-state index contributed by atoms with van der Waals surface area (Å²) in [6.07, 6.45) is 2.75. The summed E-state index contributed by atoms with van der Waals surface area (Å²) in [5.74, 6) is -0.879. The van der Waals surface area contributed by atoms with E-state index in [9.17, 15) is 14.3 Å². The predicted molar refractivity (Wildman–Crippen MR) is 91.8 cm³/mol. The van der Waals surface area contributed by atoms with Crippen molar-refractivity contribution in [2.45, 2.75) is 6.54 Å². The van der Waals surface area contributed by atoms with Crippen LogP contribution < -0.4 is 11.3 Å². The molecule has 3 aromatic rings. The lowest BCUT2D eigenvalue weighted by Gasteiger charge is -2.04. The van der Waals surface area contributed by atoms with E-state index >= 15 is 0 Å². The van der Waals surface area contributed by atoms with E-state index in [2.05, 4.69) is 20.1 Å². The van der Waals surface area contributed by atoms with Crippen molar-refractivity contribution in [3.63, 3.8) is 0 Å². The Bertz CT molecular complexity index is 1020. The number of aliphatic imine (C=N–C) groups is 1. The van der Waals surface area contributed by atoms with E-state index in [1.54, 1.807) is 24.3 Å². The summed E-state index contributed by atoms with van der Waals surface area (Å²) in [4.78, 5) is 21.9. The average Bonchev–Trinajstić information content (AvgIpc) is 3.13. The van der Waals surface area contributed by atoms with Gasteiger partial charge >= 0.3 is 0 Å². The molecule has 2 aromatic heterocycles. The first kappa shape index (κ1) is 17.1. The lowest BCUT2D eigenvalue weighted by molar-refractivity contribution is 0.418. The van der Waals surface area contributed by atoms with Gasteiger partial charge in [0, 0.05) is 11.6 Å². The van der Waals surface area contributed by atoms with Crippen LogP contribution in [0, 0.1) is 5.82 Å². The Kier molecular flexibility index (Phi) is 4.88. The number of hydrogen-bond donors (Lipinski definition) is 3. The summed E-state index contributed by atoms with van der Waals surface area (Å²) >= 11 is 0. The van der Waals surface area contributed by atoms with Crippen LogP contribution in [0.4, 0.5) is 4.39 Å². The Morgan fingerprint density at radius 2 is 2.19 bits per heavy atom. The second kappa shape index (κ2) is 7.43. The second-order valence-corrected chi connectivity index (χ2v) is 5.23. The number of nitrogens with two attached hydrogens (primary N) is 1. The van der Waals surface area contributed by atoms with Crippen LogP contribution in [-0.4, -0.2) is 25.9 Å². The molecule has 9 heteroatoms. The molecule has 4 N–H and O–H groups in total. The van der Waals surface area contributed by atoms with Crippen molar-refractivity contribution in [3.8, 4) is 5.88 Å². The minimum absolute atomic E-state index is 0.0305. The number of allylic oxidation sites excluding steroid dienone is 1. The van der Waals surface area contributed by atoms with Crippen molar-refractivity contribution >= 4 is 11.4 Å². The summed E-state index contributed by atoms with van der Waals surface area (Å²) in [5, 5.41) is 13.2. The molecule has 0 aliphatic heterocycles. The number of aromatic nitrogens is 3. The molecule has 0 unspecified atom stereocenters. The molecular weight excluding hydrogens is 341 g/mol. The molecule has 2 heterocycles. The molecule has 0 aliphatic carbocycles. The van der Waals surface area contributed by atoms with Gasteiger partial charge in [0.25, 0.3) is 5.56 Å². The van der Waals surface area contributed by atoms with Crippen LogP contribution in [0.2, 0.25) is 0 Å². The van der Waals surface area contributed by atoms with Crippen molar-refractivity contribution in [1.82, 2.24) is 15.1 Å². The van der Waals surface area contributed by atoms with E-state index in [0.29, 0.717) is 17.0 Å². The highest BCUT2D eigenvalue weighted by Gasteiger charge is 2.10. The summed E-state index contributed by atoms with van der Waals surface area (Å²) in [6.45, 7) is 0.0443. The molecule has 0 radical (unpaired) electrons. The number of aromatic amines is 1. The van der Waals surface area contributed by atoms with Crippen LogP contribution in [-0.2, 0) is 6.54 Å².